The Morgan fingerprint density at radius 1 is 1.10 bits per heavy atom. The molecule has 0 aliphatic rings. The number of hydrogen-bond donors (Lipinski definition) is 2. The molecule has 0 saturated carbocycles. The highest BCUT2D eigenvalue weighted by atomic mass is 16.5. The lowest BCUT2D eigenvalue weighted by atomic mass is 10.3. The Hall–Kier alpha value is -2.30. The first kappa shape index (κ1) is 15.1. The second kappa shape index (κ2) is 7.47. The summed E-state index contributed by atoms with van der Waals surface area (Å²) < 4.78 is 5.42. The molecule has 0 unspecified atom stereocenters. The van der Waals surface area contributed by atoms with E-state index in [1.807, 2.05) is 44.2 Å². The van der Waals surface area contributed by atoms with Gasteiger partial charge in [0.2, 0.25) is 5.95 Å². The highest BCUT2D eigenvalue weighted by Crippen LogP contribution is 2.19. The fourth-order valence-corrected chi connectivity index (χ4v) is 1.90. The average molecular weight is 286 g/mol. The monoisotopic (exact) mass is 286 g/mol. The summed E-state index contributed by atoms with van der Waals surface area (Å²) in [6.07, 6.45) is 1.06. The van der Waals surface area contributed by atoms with Crippen LogP contribution < -0.4 is 15.4 Å². The molecule has 0 fully saturated rings. The molecule has 0 atom stereocenters. The maximum absolute atomic E-state index is 5.42. The van der Waals surface area contributed by atoms with Crippen molar-refractivity contribution in [3.05, 3.63) is 36.0 Å². The van der Waals surface area contributed by atoms with E-state index in [1.54, 1.807) is 0 Å². The van der Waals surface area contributed by atoms with E-state index in [4.69, 9.17) is 4.74 Å². The molecular formula is C16H22N4O. The van der Waals surface area contributed by atoms with Crippen molar-refractivity contribution < 1.29 is 4.74 Å². The quantitative estimate of drug-likeness (QED) is 0.811. The zero-order valence-corrected chi connectivity index (χ0v) is 12.8. The smallest absolute Gasteiger partial charge is 0.229 e. The Morgan fingerprint density at radius 2 is 1.86 bits per heavy atom. The minimum Gasteiger partial charge on any atom is -0.494 e. The number of anilines is 3. The number of ether oxygens (including phenoxy) is 1. The standard InChI is InChI=1S/C16H22N4O/c1-4-10-17-15-11-12(3)18-16(20-15)19-13-6-8-14(9-7-13)21-5-2/h6-9,11H,4-5,10H2,1-3H3,(H2,17,18,19,20). The fraction of sp³-hybridized carbons (Fsp3) is 0.375. The Bertz CT molecular complexity index is 569. The lowest BCUT2D eigenvalue weighted by Crippen LogP contribution is -2.06. The van der Waals surface area contributed by atoms with Crippen molar-refractivity contribution in [2.75, 3.05) is 23.8 Å². The maximum atomic E-state index is 5.42. The minimum atomic E-state index is 0.595. The topological polar surface area (TPSA) is 59.1 Å². The van der Waals surface area contributed by atoms with E-state index < -0.39 is 0 Å². The van der Waals surface area contributed by atoms with Crippen molar-refractivity contribution in [2.45, 2.75) is 27.2 Å². The molecule has 0 saturated heterocycles. The van der Waals surface area contributed by atoms with Gasteiger partial charge in [0.15, 0.2) is 0 Å². The Kier molecular flexibility index (Phi) is 5.37. The average Bonchev–Trinajstić information content (AvgIpc) is 2.47. The first-order valence-corrected chi connectivity index (χ1v) is 7.30. The third-order valence-electron chi connectivity index (χ3n) is 2.83. The van der Waals surface area contributed by atoms with Crippen LogP contribution in [-0.2, 0) is 0 Å². The molecule has 0 bridgehead atoms. The third kappa shape index (κ3) is 4.63. The predicted octanol–water partition coefficient (Wildman–Crippen LogP) is 3.75. The molecule has 0 aliphatic heterocycles. The maximum Gasteiger partial charge on any atom is 0.229 e. The van der Waals surface area contributed by atoms with Gasteiger partial charge in [-0.1, -0.05) is 6.92 Å². The molecule has 112 valence electrons. The molecule has 5 heteroatoms. The van der Waals surface area contributed by atoms with Crippen LogP contribution in [0.3, 0.4) is 0 Å². The van der Waals surface area contributed by atoms with Crippen LogP contribution in [0.25, 0.3) is 0 Å². The van der Waals surface area contributed by atoms with Crippen LogP contribution in [0, 0.1) is 6.92 Å². The number of rotatable bonds is 7. The van der Waals surface area contributed by atoms with Gasteiger partial charge in [0.05, 0.1) is 6.61 Å². The highest BCUT2D eigenvalue weighted by Gasteiger charge is 2.03. The molecule has 2 N–H and O–H groups in total. The molecule has 5 nitrogen and oxygen atoms in total. The second-order valence-electron chi connectivity index (χ2n) is 4.73. The van der Waals surface area contributed by atoms with Gasteiger partial charge in [0.1, 0.15) is 11.6 Å². The largest absolute Gasteiger partial charge is 0.494 e. The molecule has 1 heterocycles. The van der Waals surface area contributed by atoms with E-state index in [0.29, 0.717) is 12.6 Å². The molecule has 0 aliphatic carbocycles. The fourth-order valence-electron chi connectivity index (χ4n) is 1.90. The van der Waals surface area contributed by atoms with Crippen molar-refractivity contribution in [3.8, 4) is 5.75 Å². The predicted molar refractivity (Wildman–Crippen MR) is 86.4 cm³/mol. The first-order chi connectivity index (χ1) is 10.2. The van der Waals surface area contributed by atoms with Crippen LogP contribution >= 0.6 is 0 Å². The van der Waals surface area contributed by atoms with E-state index in [0.717, 1.165) is 35.9 Å². The van der Waals surface area contributed by atoms with Gasteiger partial charge in [0.25, 0.3) is 0 Å². The normalized spacial score (nSPS) is 10.2. The van der Waals surface area contributed by atoms with E-state index in [1.165, 1.54) is 0 Å². The summed E-state index contributed by atoms with van der Waals surface area (Å²) in [6, 6.07) is 9.71. The van der Waals surface area contributed by atoms with Gasteiger partial charge in [-0.3, -0.25) is 0 Å². The summed E-state index contributed by atoms with van der Waals surface area (Å²) in [4.78, 5) is 8.86. The van der Waals surface area contributed by atoms with Crippen molar-refractivity contribution in [3.63, 3.8) is 0 Å². The van der Waals surface area contributed by atoms with Crippen LogP contribution in [0.2, 0.25) is 0 Å². The first-order valence-electron chi connectivity index (χ1n) is 7.30. The summed E-state index contributed by atoms with van der Waals surface area (Å²) in [5.74, 6) is 2.30. The van der Waals surface area contributed by atoms with Gasteiger partial charge in [0, 0.05) is 24.0 Å². The lowest BCUT2D eigenvalue weighted by Gasteiger charge is -2.10. The number of benzene rings is 1. The van der Waals surface area contributed by atoms with Crippen LogP contribution in [0.1, 0.15) is 26.0 Å². The van der Waals surface area contributed by atoms with E-state index in [-0.39, 0.29) is 0 Å². The second-order valence-corrected chi connectivity index (χ2v) is 4.73. The lowest BCUT2D eigenvalue weighted by molar-refractivity contribution is 0.340. The number of aryl methyl sites for hydroxylation is 1. The molecule has 2 aromatic rings. The van der Waals surface area contributed by atoms with Gasteiger partial charge in [-0.2, -0.15) is 4.98 Å². The Morgan fingerprint density at radius 3 is 2.52 bits per heavy atom. The molecule has 2 rings (SSSR count). The zero-order valence-electron chi connectivity index (χ0n) is 12.8. The van der Waals surface area contributed by atoms with Crippen molar-refractivity contribution in [2.24, 2.45) is 0 Å². The summed E-state index contributed by atoms with van der Waals surface area (Å²) in [6.45, 7) is 7.62. The van der Waals surface area contributed by atoms with Gasteiger partial charge >= 0.3 is 0 Å². The molecule has 0 radical (unpaired) electrons. The van der Waals surface area contributed by atoms with Crippen LogP contribution in [0.4, 0.5) is 17.5 Å². The molecule has 0 spiro atoms. The van der Waals surface area contributed by atoms with E-state index in [2.05, 4.69) is 27.5 Å². The molecule has 1 aromatic carbocycles. The number of nitrogens with one attached hydrogen (secondary N) is 2. The van der Waals surface area contributed by atoms with Gasteiger partial charge < -0.3 is 15.4 Å². The van der Waals surface area contributed by atoms with Crippen LogP contribution in [0.5, 0.6) is 5.75 Å². The van der Waals surface area contributed by atoms with Gasteiger partial charge in [-0.15, -0.1) is 0 Å². The third-order valence-corrected chi connectivity index (χ3v) is 2.83. The number of hydrogen-bond acceptors (Lipinski definition) is 5. The number of nitrogens with zero attached hydrogens (tertiary/aromatic N) is 2. The van der Waals surface area contributed by atoms with E-state index >= 15 is 0 Å². The van der Waals surface area contributed by atoms with Gasteiger partial charge in [-0.25, -0.2) is 4.98 Å². The van der Waals surface area contributed by atoms with Gasteiger partial charge in [-0.05, 0) is 44.5 Å². The van der Waals surface area contributed by atoms with Crippen molar-refractivity contribution in [1.29, 1.82) is 0 Å². The molecule has 1 aromatic heterocycles. The Labute approximate surface area is 125 Å². The van der Waals surface area contributed by atoms with Crippen molar-refractivity contribution in [1.82, 2.24) is 9.97 Å². The van der Waals surface area contributed by atoms with Crippen molar-refractivity contribution >= 4 is 17.5 Å². The Balaban J connectivity index is 2.09. The summed E-state index contributed by atoms with van der Waals surface area (Å²) in [7, 11) is 0. The summed E-state index contributed by atoms with van der Waals surface area (Å²) in [5.41, 5.74) is 1.86. The van der Waals surface area contributed by atoms with E-state index in [9.17, 15) is 0 Å². The highest BCUT2D eigenvalue weighted by molar-refractivity contribution is 5.56. The van der Waals surface area contributed by atoms with Crippen LogP contribution in [-0.4, -0.2) is 23.1 Å². The summed E-state index contributed by atoms with van der Waals surface area (Å²) in [5, 5.41) is 6.49. The zero-order chi connectivity index (χ0) is 15.1. The SMILES string of the molecule is CCCNc1cc(C)nc(Nc2ccc(OCC)cc2)n1. The molecule has 21 heavy (non-hydrogen) atoms. The minimum absolute atomic E-state index is 0.595. The number of aromatic nitrogens is 2. The molecular weight excluding hydrogens is 264 g/mol. The molecule has 0 amide bonds. The summed E-state index contributed by atoms with van der Waals surface area (Å²) >= 11 is 0. The van der Waals surface area contributed by atoms with Crippen LogP contribution in [0.15, 0.2) is 30.3 Å².